The van der Waals surface area contributed by atoms with Crippen LogP contribution in [0.25, 0.3) is 33.2 Å². The van der Waals surface area contributed by atoms with E-state index in [0.29, 0.717) is 11.1 Å². The molecule has 4 heteroatoms. The van der Waals surface area contributed by atoms with Gasteiger partial charge in [0.15, 0.2) is 0 Å². The summed E-state index contributed by atoms with van der Waals surface area (Å²) in [4.78, 5) is 11.9. The Bertz CT molecular complexity index is 1090. The Balaban J connectivity index is 1.96. The molecule has 0 spiro atoms. The summed E-state index contributed by atoms with van der Waals surface area (Å²) in [5.41, 5.74) is 2.95. The van der Waals surface area contributed by atoms with E-state index in [1.807, 2.05) is 54.6 Å². The molecule has 0 saturated heterocycles. The summed E-state index contributed by atoms with van der Waals surface area (Å²) in [5.74, 6) is 0.207. The molecule has 1 aromatic heterocycles. The summed E-state index contributed by atoms with van der Waals surface area (Å²) in [6.45, 7) is 0. The minimum absolute atomic E-state index is 0.207. The van der Waals surface area contributed by atoms with Crippen LogP contribution in [0.5, 0.6) is 5.75 Å². The first-order valence-corrected chi connectivity index (χ1v) is 7.60. The topological polar surface area (TPSA) is 66.0 Å². The van der Waals surface area contributed by atoms with Crippen LogP contribution in [0, 0.1) is 0 Å². The third-order valence-electron chi connectivity index (χ3n) is 4.05. The van der Waals surface area contributed by atoms with E-state index in [1.54, 1.807) is 18.2 Å². The largest absolute Gasteiger partial charge is 0.507 e. The van der Waals surface area contributed by atoms with Crippen molar-refractivity contribution in [3.8, 4) is 28.1 Å². The van der Waals surface area contributed by atoms with Crippen LogP contribution in [-0.2, 0) is 0 Å². The van der Waals surface area contributed by atoms with Gasteiger partial charge in [-0.1, -0.05) is 48.5 Å². The Kier molecular flexibility index (Phi) is 3.35. The number of aromatic nitrogens is 2. The molecule has 0 fully saturated rings. The zero-order valence-electron chi connectivity index (χ0n) is 12.7. The first-order valence-electron chi connectivity index (χ1n) is 7.60. The van der Waals surface area contributed by atoms with Gasteiger partial charge < -0.3 is 5.11 Å². The lowest BCUT2D eigenvalue weighted by Gasteiger charge is -2.09. The van der Waals surface area contributed by atoms with Gasteiger partial charge in [0, 0.05) is 16.5 Å². The minimum Gasteiger partial charge on any atom is -0.507 e. The molecule has 24 heavy (non-hydrogen) atoms. The molecule has 2 N–H and O–H groups in total. The van der Waals surface area contributed by atoms with E-state index in [9.17, 15) is 9.90 Å². The van der Waals surface area contributed by atoms with Gasteiger partial charge in [-0.3, -0.25) is 4.79 Å². The van der Waals surface area contributed by atoms with E-state index < -0.39 is 0 Å². The minimum atomic E-state index is -0.212. The average molecular weight is 314 g/mol. The Hall–Kier alpha value is -3.40. The van der Waals surface area contributed by atoms with Crippen molar-refractivity contribution in [3.05, 3.63) is 83.2 Å². The maximum atomic E-state index is 11.9. The lowest BCUT2D eigenvalue weighted by molar-refractivity contribution is 0.477. The predicted molar refractivity (Wildman–Crippen MR) is 94.9 cm³/mol. The number of fused-ring (bicyclic) bond motifs is 1. The summed E-state index contributed by atoms with van der Waals surface area (Å²) < 4.78 is 0. The second kappa shape index (κ2) is 5.66. The van der Waals surface area contributed by atoms with Gasteiger partial charge in [0.2, 0.25) is 0 Å². The molecule has 0 aliphatic rings. The Labute approximate surface area is 138 Å². The molecule has 0 saturated carbocycles. The van der Waals surface area contributed by atoms with Crippen molar-refractivity contribution in [2.75, 3.05) is 0 Å². The number of phenolic OH excluding ortho intramolecular Hbond substituents is 1. The van der Waals surface area contributed by atoms with Crippen LogP contribution in [-0.4, -0.2) is 15.3 Å². The molecular formula is C20H14N2O2. The molecule has 0 radical (unpaired) electrons. The maximum absolute atomic E-state index is 11.9. The Morgan fingerprint density at radius 3 is 2.29 bits per heavy atom. The molecule has 0 bridgehead atoms. The van der Waals surface area contributed by atoms with Crippen molar-refractivity contribution in [1.82, 2.24) is 10.2 Å². The molecule has 0 amide bonds. The lowest BCUT2D eigenvalue weighted by atomic mass is 9.98. The SMILES string of the molecule is O=c1[nH]nc(-c2ccc(O)c(-c3ccccc3)c2)c2ccccc12. The van der Waals surface area contributed by atoms with E-state index >= 15 is 0 Å². The van der Waals surface area contributed by atoms with Crippen molar-refractivity contribution in [2.24, 2.45) is 0 Å². The number of nitrogens with zero attached hydrogens (tertiary/aromatic N) is 1. The average Bonchev–Trinajstić information content (AvgIpc) is 2.64. The smallest absolute Gasteiger partial charge is 0.272 e. The zero-order valence-corrected chi connectivity index (χ0v) is 12.7. The lowest BCUT2D eigenvalue weighted by Crippen LogP contribution is -2.09. The van der Waals surface area contributed by atoms with Gasteiger partial charge in [-0.25, -0.2) is 5.10 Å². The second-order valence-electron chi connectivity index (χ2n) is 5.54. The van der Waals surface area contributed by atoms with Crippen LogP contribution in [0.3, 0.4) is 0 Å². The summed E-state index contributed by atoms with van der Waals surface area (Å²) in [6.07, 6.45) is 0. The van der Waals surface area contributed by atoms with Crippen molar-refractivity contribution in [3.63, 3.8) is 0 Å². The summed E-state index contributed by atoms with van der Waals surface area (Å²) in [6, 6.07) is 22.4. The Morgan fingerprint density at radius 1 is 0.792 bits per heavy atom. The van der Waals surface area contributed by atoms with Gasteiger partial charge in [0.1, 0.15) is 5.75 Å². The highest BCUT2D eigenvalue weighted by molar-refractivity contribution is 5.94. The highest BCUT2D eigenvalue weighted by Gasteiger charge is 2.11. The number of aromatic hydroxyl groups is 1. The quantitative estimate of drug-likeness (QED) is 0.588. The number of hydrogen-bond donors (Lipinski definition) is 2. The number of H-pyrrole nitrogens is 1. The highest BCUT2D eigenvalue weighted by Crippen LogP contribution is 2.34. The number of benzene rings is 3. The van der Waals surface area contributed by atoms with Crippen LogP contribution in [0.1, 0.15) is 0 Å². The van der Waals surface area contributed by atoms with Crippen LogP contribution < -0.4 is 5.56 Å². The van der Waals surface area contributed by atoms with Crippen LogP contribution in [0.4, 0.5) is 0 Å². The molecule has 0 atom stereocenters. The zero-order chi connectivity index (χ0) is 16.5. The van der Waals surface area contributed by atoms with E-state index in [1.165, 1.54) is 0 Å². The molecule has 1 heterocycles. The number of nitrogens with one attached hydrogen (secondary N) is 1. The molecule has 0 unspecified atom stereocenters. The van der Waals surface area contributed by atoms with E-state index in [2.05, 4.69) is 10.2 Å². The number of rotatable bonds is 2. The normalized spacial score (nSPS) is 10.8. The van der Waals surface area contributed by atoms with Crippen LogP contribution in [0.15, 0.2) is 77.6 Å². The molecule has 0 aliphatic carbocycles. The number of hydrogen-bond acceptors (Lipinski definition) is 3. The summed E-state index contributed by atoms with van der Waals surface area (Å²) in [5, 5.41) is 18.4. The van der Waals surface area contributed by atoms with Crippen molar-refractivity contribution in [2.45, 2.75) is 0 Å². The number of aromatic amines is 1. The first-order chi connectivity index (χ1) is 11.7. The fourth-order valence-corrected chi connectivity index (χ4v) is 2.87. The van der Waals surface area contributed by atoms with Gasteiger partial charge in [0.05, 0.1) is 11.1 Å². The van der Waals surface area contributed by atoms with E-state index in [-0.39, 0.29) is 11.3 Å². The third-order valence-corrected chi connectivity index (χ3v) is 4.05. The fourth-order valence-electron chi connectivity index (χ4n) is 2.87. The number of phenols is 1. The second-order valence-corrected chi connectivity index (χ2v) is 5.54. The molecule has 4 rings (SSSR count). The van der Waals surface area contributed by atoms with Gasteiger partial charge in [-0.05, 0) is 29.8 Å². The van der Waals surface area contributed by atoms with Crippen molar-refractivity contribution < 1.29 is 5.11 Å². The van der Waals surface area contributed by atoms with Crippen molar-refractivity contribution >= 4 is 10.8 Å². The van der Waals surface area contributed by atoms with Gasteiger partial charge >= 0.3 is 0 Å². The highest BCUT2D eigenvalue weighted by atomic mass is 16.3. The van der Waals surface area contributed by atoms with Crippen molar-refractivity contribution in [1.29, 1.82) is 0 Å². The standard InChI is InChI=1S/C20H14N2O2/c23-18-11-10-14(12-17(18)13-6-2-1-3-7-13)19-15-8-4-5-9-16(15)20(24)22-21-19/h1-12,23H,(H,22,24). The molecular weight excluding hydrogens is 300 g/mol. The molecule has 116 valence electrons. The van der Waals surface area contributed by atoms with E-state index in [0.717, 1.165) is 22.1 Å². The van der Waals surface area contributed by atoms with E-state index in [4.69, 9.17) is 0 Å². The third kappa shape index (κ3) is 2.34. The predicted octanol–water partition coefficient (Wildman–Crippen LogP) is 3.96. The van der Waals surface area contributed by atoms with Crippen LogP contribution in [0.2, 0.25) is 0 Å². The molecule has 0 aliphatic heterocycles. The maximum Gasteiger partial charge on any atom is 0.272 e. The van der Waals surface area contributed by atoms with Gasteiger partial charge in [-0.15, -0.1) is 0 Å². The summed E-state index contributed by atoms with van der Waals surface area (Å²) in [7, 11) is 0. The fraction of sp³-hybridized carbons (Fsp3) is 0. The summed E-state index contributed by atoms with van der Waals surface area (Å²) >= 11 is 0. The molecule has 4 aromatic rings. The monoisotopic (exact) mass is 314 g/mol. The Morgan fingerprint density at radius 2 is 1.50 bits per heavy atom. The van der Waals surface area contributed by atoms with Crippen LogP contribution >= 0.6 is 0 Å². The van der Waals surface area contributed by atoms with Gasteiger partial charge in [0.25, 0.3) is 5.56 Å². The first kappa shape index (κ1) is 14.2. The molecule has 4 nitrogen and oxygen atoms in total. The van der Waals surface area contributed by atoms with Gasteiger partial charge in [-0.2, -0.15) is 5.10 Å². The molecule has 3 aromatic carbocycles.